The van der Waals surface area contributed by atoms with E-state index in [9.17, 15) is 9.90 Å². The molecule has 1 aromatic heterocycles. The van der Waals surface area contributed by atoms with Crippen molar-refractivity contribution < 1.29 is 19.4 Å². The summed E-state index contributed by atoms with van der Waals surface area (Å²) < 4.78 is 15.0. The SMILES string of the molecule is Cn1ccnc1SCC1CC(c2ccc(CO)cc2)OC(c2ccc(CNC(=O)NC34CC5CC(CC(C5)C3)C4)cc2)O1. The molecule has 2 amide bonds. The summed E-state index contributed by atoms with van der Waals surface area (Å²) in [7, 11) is 2.00. The van der Waals surface area contributed by atoms with Crippen LogP contribution in [0.25, 0.3) is 0 Å². The van der Waals surface area contributed by atoms with E-state index in [4.69, 9.17) is 9.47 Å². The molecule has 4 saturated carbocycles. The molecule has 9 heteroatoms. The summed E-state index contributed by atoms with van der Waals surface area (Å²) in [5.41, 5.74) is 3.95. The second-order valence-electron chi connectivity index (χ2n) is 13.2. The monoisotopic (exact) mass is 602 g/mol. The van der Waals surface area contributed by atoms with E-state index in [2.05, 4.69) is 15.6 Å². The molecule has 3 unspecified atom stereocenters. The van der Waals surface area contributed by atoms with Gasteiger partial charge in [0.2, 0.25) is 0 Å². The molecule has 3 aromatic rings. The predicted molar refractivity (Wildman–Crippen MR) is 165 cm³/mol. The van der Waals surface area contributed by atoms with Gasteiger partial charge < -0.3 is 29.8 Å². The van der Waals surface area contributed by atoms with Gasteiger partial charge in [0.15, 0.2) is 11.4 Å². The van der Waals surface area contributed by atoms with E-state index in [1.54, 1.807) is 11.8 Å². The highest BCUT2D eigenvalue weighted by Crippen LogP contribution is 2.55. The van der Waals surface area contributed by atoms with Gasteiger partial charge in [-0.2, -0.15) is 0 Å². The van der Waals surface area contributed by atoms with Gasteiger partial charge in [-0.15, -0.1) is 0 Å². The highest BCUT2D eigenvalue weighted by molar-refractivity contribution is 7.99. The number of thioether (sulfide) groups is 1. The van der Waals surface area contributed by atoms with Crippen molar-refractivity contribution >= 4 is 17.8 Å². The van der Waals surface area contributed by atoms with E-state index >= 15 is 0 Å². The molecule has 228 valence electrons. The largest absolute Gasteiger partial charge is 0.392 e. The van der Waals surface area contributed by atoms with Gasteiger partial charge in [-0.3, -0.25) is 0 Å². The van der Waals surface area contributed by atoms with Crippen LogP contribution in [0.2, 0.25) is 0 Å². The number of aliphatic hydroxyl groups excluding tert-OH is 1. The third-order valence-corrected chi connectivity index (χ3v) is 11.1. The molecule has 1 saturated heterocycles. The van der Waals surface area contributed by atoms with Crippen molar-refractivity contribution in [2.75, 3.05) is 5.75 Å². The Labute approximate surface area is 258 Å². The number of carbonyl (C=O) groups is 1. The van der Waals surface area contributed by atoms with Crippen LogP contribution in [0.3, 0.4) is 0 Å². The molecular formula is C34H42N4O4S. The highest BCUT2D eigenvalue weighted by atomic mass is 32.2. The van der Waals surface area contributed by atoms with Crippen LogP contribution in [-0.4, -0.2) is 38.1 Å². The van der Waals surface area contributed by atoms with Crippen molar-refractivity contribution in [1.29, 1.82) is 0 Å². The summed E-state index contributed by atoms with van der Waals surface area (Å²) in [6.45, 7) is 0.499. The van der Waals surface area contributed by atoms with Crippen molar-refractivity contribution in [3.05, 3.63) is 83.2 Å². The lowest BCUT2D eigenvalue weighted by atomic mass is 9.53. The first-order valence-electron chi connectivity index (χ1n) is 15.7. The van der Waals surface area contributed by atoms with Gasteiger partial charge in [0, 0.05) is 49.3 Å². The fraction of sp³-hybridized carbons (Fsp3) is 0.529. The molecule has 43 heavy (non-hydrogen) atoms. The van der Waals surface area contributed by atoms with Crippen LogP contribution in [0.4, 0.5) is 4.79 Å². The van der Waals surface area contributed by atoms with Crippen LogP contribution in [0, 0.1) is 17.8 Å². The Morgan fingerprint density at radius 1 is 0.953 bits per heavy atom. The minimum atomic E-state index is -0.510. The normalized spacial score (nSPS) is 31.2. The number of urea groups is 1. The quantitative estimate of drug-likeness (QED) is 0.259. The zero-order chi connectivity index (χ0) is 29.4. The number of carbonyl (C=O) groups excluding carboxylic acids is 1. The topological polar surface area (TPSA) is 97.6 Å². The fourth-order valence-corrected chi connectivity index (χ4v) is 9.15. The number of ether oxygens (including phenoxy) is 2. The van der Waals surface area contributed by atoms with Gasteiger partial charge in [-0.1, -0.05) is 60.3 Å². The van der Waals surface area contributed by atoms with Crippen molar-refractivity contribution in [3.8, 4) is 0 Å². The van der Waals surface area contributed by atoms with E-state index in [0.717, 1.165) is 76.6 Å². The van der Waals surface area contributed by atoms with Crippen molar-refractivity contribution in [2.45, 2.75) is 87.3 Å². The lowest BCUT2D eigenvalue weighted by Gasteiger charge is -2.56. The van der Waals surface area contributed by atoms with Crippen LogP contribution >= 0.6 is 11.8 Å². The maximum absolute atomic E-state index is 12.9. The number of imidazole rings is 1. The van der Waals surface area contributed by atoms with E-state index in [1.807, 2.05) is 72.5 Å². The number of aromatic nitrogens is 2. The molecule has 8 rings (SSSR count). The first kappa shape index (κ1) is 28.9. The Hall–Kier alpha value is -2.85. The molecule has 2 heterocycles. The number of nitrogens with one attached hydrogen (secondary N) is 2. The van der Waals surface area contributed by atoms with Gasteiger partial charge in [-0.05, 0) is 73.0 Å². The van der Waals surface area contributed by atoms with Crippen LogP contribution in [0.1, 0.15) is 79.6 Å². The van der Waals surface area contributed by atoms with E-state index in [0.29, 0.717) is 6.54 Å². The molecule has 8 nitrogen and oxygen atoms in total. The third-order valence-electron chi connectivity index (χ3n) is 9.91. The first-order valence-corrected chi connectivity index (χ1v) is 16.7. The zero-order valence-electron chi connectivity index (χ0n) is 24.8. The number of hydrogen-bond acceptors (Lipinski definition) is 6. The molecule has 5 fully saturated rings. The summed E-state index contributed by atoms with van der Waals surface area (Å²) in [5.74, 6) is 3.17. The van der Waals surface area contributed by atoms with Gasteiger partial charge in [0.05, 0.1) is 18.8 Å². The average molecular weight is 603 g/mol. The summed E-state index contributed by atoms with van der Waals surface area (Å²) in [4.78, 5) is 17.4. The van der Waals surface area contributed by atoms with Crippen LogP contribution in [0.5, 0.6) is 0 Å². The lowest BCUT2D eigenvalue weighted by molar-refractivity contribution is -0.245. The summed E-state index contributed by atoms with van der Waals surface area (Å²) in [6.07, 6.45) is 11.4. The van der Waals surface area contributed by atoms with E-state index in [1.165, 1.54) is 19.3 Å². The fourth-order valence-electron chi connectivity index (χ4n) is 8.20. The molecule has 4 bridgehead atoms. The second-order valence-corrected chi connectivity index (χ2v) is 14.2. The van der Waals surface area contributed by atoms with Gasteiger partial charge >= 0.3 is 6.03 Å². The summed E-state index contributed by atoms with van der Waals surface area (Å²) in [6, 6.07) is 16.1. The standard InChI is InChI=1S/C34H42N4O4S/c1-38-11-10-35-33(38)43-21-29-15-30(27-6-4-23(20-39)5-7-27)42-31(41-29)28-8-2-22(3-9-28)19-36-32(40)37-34-16-24-12-25(17-34)14-26(13-24)18-34/h2-11,24-26,29-31,39H,12-21H2,1H3,(H2,36,37,40). The molecule has 0 radical (unpaired) electrons. The Bertz CT molecular complexity index is 1370. The summed E-state index contributed by atoms with van der Waals surface area (Å²) >= 11 is 1.68. The Kier molecular flexibility index (Phi) is 8.24. The third kappa shape index (κ3) is 6.50. The first-order chi connectivity index (χ1) is 20.9. The van der Waals surface area contributed by atoms with Crippen LogP contribution in [-0.2, 0) is 29.7 Å². The molecule has 0 spiro atoms. The van der Waals surface area contributed by atoms with Crippen molar-refractivity contribution in [2.24, 2.45) is 24.8 Å². The van der Waals surface area contributed by atoms with Gasteiger partial charge in [-0.25, -0.2) is 9.78 Å². The maximum atomic E-state index is 12.9. The number of hydrogen-bond donors (Lipinski definition) is 3. The lowest BCUT2D eigenvalue weighted by Crippen LogP contribution is -2.61. The number of aliphatic hydroxyl groups is 1. The zero-order valence-corrected chi connectivity index (χ0v) is 25.6. The number of benzene rings is 2. The Balaban J connectivity index is 0.984. The minimum Gasteiger partial charge on any atom is -0.392 e. The number of nitrogens with zero attached hydrogens (tertiary/aromatic N) is 2. The number of rotatable bonds is 9. The molecule has 5 aliphatic rings. The van der Waals surface area contributed by atoms with Crippen molar-refractivity contribution in [3.63, 3.8) is 0 Å². The minimum absolute atomic E-state index is 0.0123. The van der Waals surface area contributed by atoms with Crippen LogP contribution in [0.15, 0.2) is 66.1 Å². The smallest absolute Gasteiger partial charge is 0.315 e. The molecule has 2 aromatic carbocycles. The molecular weight excluding hydrogens is 560 g/mol. The predicted octanol–water partition coefficient (Wildman–Crippen LogP) is 6.02. The Morgan fingerprint density at radius 2 is 1.60 bits per heavy atom. The summed E-state index contributed by atoms with van der Waals surface area (Å²) in [5, 5.41) is 16.9. The highest BCUT2D eigenvalue weighted by Gasteiger charge is 2.51. The number of aryl methyl sites for hydroxylation is 1. The van der Waals surface area contributed by atoms with Gasteiger partial charge in [0.25, 0.3) is 0 Å². The average Bonchev–Trinajstić information content (AvgIpc) is 3.42. The van der Waals surface area contributed by atoms with Crippen LogP contribution < -0.4 is 10.6 Å². The van der Waals surface area contributed by atoms with E-state index < -0.39 is 6.29 Å². The number of amides is 2. The second kappa shape index (κ2) is 12.3. The van der Waals surface area contributed by atoms with Crippen molar-refractivity contribution in [1.82, 2.24) is 20.2 Å². The Morgan fingerprint density at radius 3 is 2.23 bits per heavy atom. The maximum Gasteiger partial charge on any atom is 0.315 e. The molecule has 4 aliphatic carbocycles. The van der Waals surface area contributed by atoms with E-state index in [-0.39, 0.29) is 30.4 Å². The van der Waals surface area contributed by atoms with Gasteiger partial charge in [0.1, 0.15) is 0 Å². The molecule has 3 atom stereocenters. The molecule has 1 aliphatic heterocycles. The molecule has 3 N–H and O–H groups in total.